The van der Waals surface area contributed by atoms with E-state index in [0.717, 1.165) is 45.2 Å². The Hall–Kier alpha value is -10.5. The minimum atomic E-state index is 0.711. The van der Waals surface area contributed by atoms with E-state index in [4.69, 9.17) is 0 Å². The van der Waals surface area contributed by atoms with Gasteiger partial charge in [-0.05, 0) is 164 Å². The van der Waals surface area contributed by atoms with E-state index >= 15 is 0 Å². The summed E-state index contributed by atoms with van der Waals surface area (Å²) in [5.74, 6) is 1.47. The summed E-state index contributed by atoms with van der Waals surface area (Å²) in [6.45, 7) is 19.7. The average molecular weight is 1090 g/mol. The number of rotatable bonds is 0. The molecule has 0 bridgehead atoms. The minimum Gasteiger partial charge on any atom is -0.265 e. The van der Waals surface area contributed by atoms with E-state index in [1.807, 2.05) is 182 Å². The third-order valence-corrected chi connectivity index (χ3v) is 10.4. The normalized spacial score (nSPS) is 9.34. The summed E-state index contributed by atoms with van der Waals surface area (Å²) in [5, 5.41) is 10.9. The molecule has 82 heavy (non-hydrogen) atoms. The lowest BCUT2D eigenvalue weighted by Gasteiger charge is -1.97. The van der Waals surface area contributed by atoms with Crippen LogP contribution in [0.2, 0.25) is 0 Å². The number of para-hydroxylation sites is 3. The molecule has 10 heterocycles. The zero-order valence-electron chi connectivity index (χ0n) is 48.2. The highest BCUT2D eigenvalue weighted by atomic mass is 15.1. The van der Waals surface area contributed by atoms with Crippen LogP contribution in [0.5, 0.6) is 0 Å². The third kappa shape index (κ3) is 28.8. The first kappa shape index (κ1) is 64.0. The molecule has 0 aliphatic carbocycles. The summed E-state index contributed by atoms with van der Waals surface area (Å²) in [7, 11) is 0. The number of aromatic nitrogens is 16. The SMILES string of the molecule is Cc1ccc2ccccc2n1.Cc1ccccn1.Cc1cccnc1.Cc1ccnc2ccccc12.Cc1ccncc1.Cc1ccncn1.Cc1cnc2ccccc2c1.Cc1cnccn1.Cc1nccnn1.Cc1ncncn1. The lowest BCUT2D eigenvalue weighted by atomic mass is 10.1. The van der Waals surface area contributed by atoms with Crippen molar-refractivity contribution in [3.63, 3.8) is 0 Å². The molecule has 0 unspecified atom stereocenters. The molecule has 0 atom stereocenters. The lowest BCUT2D eigenvalue weighted by Crippen LogP contribution is -1.85. The molecule has 16 heteroatoms. The summed E-state index contributed by atoms with van der Waals surface area (Å²) >= 11 is 0. The van der Waals surface area contributed by atoms with Gasteiger partial charge in [-0.2, -0.15) is 5.10 Å². The summed E-state index contributed by atoms with van der Waals surface area (Å²) in [6.07, 6.45) is 27.1. The van der Waals surface area contributed by atoms with Crippen LogP contribution in [0.25, 0.3) is 32.7 Å². The van der Waals surface area contributed by atoms with E-state index in [2.05, 4.69) is 124 Å². The fraction of sp³-hybridized carbons (Fsp3) is 0.152. The number of benzene rings is 3. The molecule has 13 aromatic rings. The molecule has 414 valence electrons. The highest BCUT2D eigenvalue weighted by molar-refractivity contribution is 5.81. The van der Waals surface area contributed by atoms with E-state index in [-0.39, 0.29) is 0 Å². The van der Waals surface area contributed by atoms with Crippen molar-refractivity contribution in [3.8, 4) is 0 Å². The van der Waals surface area contributed by atoms with Crippen LogP contribution in [0.4, 0.5) is 0 Å². The second kappa shape index (κ2) is 39.0. The Kier molecular flexibility index (Phi) is 30.4. The monoisotopic (exact) mass is 1090 g/mol. The molecule has 0 saturated carbocycles. The van der Waals surface area contributed by atoms with Crippen LogP contribution in [0.3, 0.4) is 0 Å². The van der Waals surface area contributed by atoms with Crippen LogP contribution in [0.15, 0.2) is 245 Å². The van der Waals surface area contributed by atoms with Crippen molar-refractivity contribution in [2.24, 2.45) is 0 Å². The van der Waals surface area contributed by atoms with Gasteiger partial charge < -0.3 is 0 Å². The predicted molar refractivity (Wildman–Crippen MR) is 329 cm³/mol. The molecule has 16 nitrogen and oxygen atoms in total. The van der Waals surface area contributed by atoms with Crippen molar-refractivity contribution in [1.29, 1.82) is 0 Å². The zero-order valence-corrected chi connectivity index (χ0v) is 48.2. The molecule has 10 aromatic heterocycles. The van der Waals surface area contributed by atoms with Crippen molar-refractivity contribution < 1.29 is 0 Å². The summed E-state index contributed by atoms with van der Waals surface area (Å²) in [5.41, 5.74) is 12.3. The summed E-state index contributed by atoms with van der Waals surface area (Å²) in [6, 6.07) is 48.4. The molecular formula is C66H70N16. The first-order valence-corrected chi connectivity index (χ1v) is 26.1. The number of nitrogens with zero attached hydrogens (tertiary/aromatic N) is 16. The first-order chi connectivity index (χ1) is 39.9. The maximum atomic E-state index is 4.38. The van der Waals surface area contributed by atoms with E-state index in [1.54, 1.807) is 68.9 Å². The smallest absolute Gasteiger partial charge is 0.147 e. The Morgan fingerprint density at radius 1 is 0.280 bits per heavy atom. The van der Waals surface area contributed by atoms with Crippen molar-refractivity contribution in [2.75, 3.05) is 0 Å². The van der Waals surface area contributed by atoms with E-state index in [9.17, 15) is 0 Å². The lowest BCUT2D eigenvalue weighted by molar-refractivity contribution is 0.907. The van der Waals surface area contributed by atoms with Gasteiger partial charge in [-0.3, -0.25) is 39.9 Å². The Bertz CT molecular complexity index is 3230. The summed E-state index contributed by atoms with van der Waals surface area (Å²) < 4.78 is 0. The largest absolute Gasteiger partial charge is 0.265 e. The average Bonchev–Trinajstić information content (AvgIpc) is 3.61. The first-order valence-electron chi connectivity index (χ1n) is 26.1. The number of aryl methyl sites for hydroxylation is 10. The maximum Gasteiger partial charge on any atom is 0.147 e. The quantitative estimate of drug-likeness (QED) is 0.138. The Labute approximate surface area is 481 Å². The van der Waals surface area contributed by atoms with Gasteiger partial charge in [0.15, 0.2) is 0 Å². The van der Waals surface area contributed by atoms with Gasteiger partial charge in [0, 0.05) is 108 Å². The van der Waals surface area contributed by atoms with Gasteiger partial charge in [-0.1, -0.05) is 72.8 Å². The highest BCUT2D eigenvalue weighted by Gasteiger charge is 1.95. The van der Waals surface area contributed by atoms with E-state index in [1.165, 1.54) is 57.4 Å². The van der Waals surface area contributed by atoms with Crippen LogP contribution >= 0.6 is 0 Å². The van der Waals surface area contributed by atoms with Crippen molar-refractivity contribution in [1.82, 2.24) is 80.0 Å². The molecule has 0 fully saturated rings. The van der Waals surface area contributed by atoms with Gasteiger partial charge in [0.1, 0.15) is 30.6 Å². The number of hydrogen-bond acceptors (Lipinski definition) is 16. The van der Waals surface area contributed by atoms with Gasteiger partial charge in [0.05, 0.1) is 28.4 Å². The second-order valence-corrected chi connectivity index (χ2v) is 17.6. The van der Waals surface area contributed by atoms with Crippen molar-refractivity contribution in [2.45, 2.75) is 69.2 Å². The number of pyridine rings is 6. The molecule has 0 N–H and O–H groups in total. The minimum absolute atomic E-state index is 0.711. The van der Waals surface area contributed by atoms with Crippen LogP contribution in [0.1, 0.15) is 56.7 Å². The fourth-order valence-corrected chi connectivity index (χ4v) is 6.25. The van der Waals surface area contributed by atoms with Crippen LogP contribution in [-0.2, 0) is 0 Å². The van der Waals surface area contributed by atoms with Crippen LogP contribution < -0.4 is 0 Å². The Morgan fingerprint density at radius 3 is 1.41 bits per heavy atom. The van der Waals surface area contributed by atoms with E-state index < -0.39 is 0 Å². The van der Waals surface area contributed by atoms with Gasteiger partial charge >= 0.3 is 0 Å². The molecule has 0 saturated heterocycles. The number of fused-ring (bicyclic) bond motifs is 3. The topological polar surface area (TPSA) is 206 Å². The standard InChI is InChI=1S/3C10H9N.3C6H7N.2C5H6N2.2C4H5N3/c1-8-6-9-4-2-3-5-10(9)11-7-8;1-8-6-7-11-10-5-3-2-4-9(8)10;1-8-6-7-9-4-2-3-5-10(9)11-8;1-6-2-4-7-5-3-6;1-6-3-2-4-7-5-6;1-6-4-2-3-5-7-6;1-5-4-6-2-3-7-5;1-5-2-3-6-4-7-5;1-4-6-2-5-3-7-4;1-4-5-2-3-6-7-4/h3*2-7H,1H3;3*2-5H,1H3;2*2-4H,1H3;2*2-3H,1H3. The molecule has 3 aromatic carbocycles. The molecule has 0 aliphatic heterocycles. The molecular weight excluding hydrogens is 1020 g/mol. The number of hydrogen-bond donors (Lipinski definition) is 0. The molecule has 0 radical (unpaired) electrons. The van der Waals surface area contributed by atoms with E-state index in [0.29, 0.717) is 5.82 Å². The van der Waals surface area contributed by atoms with Crippen molar-refractivity contribution >= 4 is 32.7 Å². The predicted octanol–water partition coefficient (Wildman–Crippen LogP) is 13.7. The summed E-state index contributed by atoms with van der Waals surface area (Å²) in [4.78, 5) is 54.9. The maximum absolute atomic E-state index is 4.38. The van der Waals surface area contributed by atoms with Crippen LogP contribution in [-0.4, -0.2) is 80.0 Å². The molecule has 0 aliphatic rings. The molecule has 0 amide bonds. The van der Waals surface area contributed by atoms with Crippen LogP contribution in [0, 0.1) is 69.2 Å². The Balaban J connectivity index is 0.000000197. The zero-order chi connectivity index (χ0) is 58.8. The van der Waals surface area contributed by atoms with Gasteiger partial charge in [0.25, 0.3) is 0 Å². The van der Waals surface area contributed by atoms with Gasteiger partial charge in [0.2, 0.25) is 0 Å². The molecule has 0 spiro atoms. The van der Waals surface area contributed by atoms with Gasteiger partial charge in [-0.15, -0.1) is 5.10 Å². The second-order valence-electron chi connectivity index (χ2n) is 17.6. The fourth-order valence-electron chi connectivity index (χ4n) is 6.25. The van der Waals surface area contributed by atoms with Crippen molar-refractivity contribution in [3.05, 3.63) is 302 Å². The van der Waals surface area contributed by atoms with Gasteiger partial charge in [-0.25, -0.2) is 29.9 Å². The Morgan fingerprint density at radius 2 is 0.927 bits per heavy atom. The highest BCUT2D eigenvalue weighted by Crippen LogP contribution is 2.14. The third-order valence-electron chi connectivity index (χ3n) is 10.4. The molecule has 13 rings (SSSR count).